The number of unbranched alkanes of at least 4 members (excludes halogenated alkanes) is 30. The first-order valence-corrected chi connectivity index (χ1v) is 66.8. The van der Waals surface area contributed by atoms with Crippen molar-refractivity contribution in [1.82, 2.24) is 0 Å². The molecule has 0 heterocycles. The van der Waals surface area contributed by atoms with Crippen molar-refractivity contribution in [1.29, 1.82) is 0 Å². The standard InChI is InChI=1S/C41H50.C29H40Br2.C29H40.6CH3.2Sn/c1-3-5-7-9-11-19-29-41(30-20-12-10-8-6-4-2)39-31-35(33-21-15-13-16-22-33)25-27-37(39)38-28-26-36(32-40(38)41)34-23-17-14-18-24-34;1-3-5-7-9-11-13-19-29(20-14-12-10-8-6-4-2)27-21-23(30)15-17-25(27)26-18-16-24(31)22-28(26)29;1-3-5-7-9-11-17-23-29(24-18-12-10-8-6-4-2)27-21-15-13-19-25(27)26-20-14-16-22-28(26)29;;;;;;;;/h13-18,21-28,31-32H,3-12,19-20,29-30H2,1-2H3;15-18,21-22H,3-14,19-20H2,1-2H3;13-14,19-22H,3-12,17-18,23-24H2,1-2H3;6*1H3;;. The molecule has 109 heavy (non-hydrogen) atoms. The SMILES string of the molecule is CCCCCCCCC1(CCCCCCCC)c2c[c]([Sn]([CH3])([CH3])[CH3])ccc2-c2cc[c]([Sn]([CH3])([CH3])[CH3])cc21.CCCCCCCCC1(CCCCCCCC)c2cc(-c3ccccc3)ccc2-c2ccc(-c3ccccc3)cc21.CCCCCCCCC1(CCCCCCCC)c2cc(Br)ccc2-c2ccc(Br)cc21. The molecule has 0 unspecified atom stereocenters. The maximum absolute atomic E-state index is 3.79. The Morgan fingerprint density at radius 2 is 0.422 bits per heavy atom. The van der Waals surface area contributed by atoms with E-state index in [0.717, 1.165) is 0 Å². The molecule has 8 aromatic rings. The molecule has 0 saturated heterocycles. The van der Waals surface area contributed by atoms with Crippen molar-refractivity contribution in [3.8, 4) is 55.6 Å². The van der Waals surface area contributed by atoms with Gasteiger partial charge in [-0.15, -0.1) is 0 Å². The van der Waals surface area contributed by atoms with Gasteiger partial charge in [0, 0.05) is 19.8 Å². The minimum atomic E-state index is -2.18. The summed E-state index contributed by atoms with van der Waals surface area (Å²) in [5.41, 5.74) is 24.6. The molecule has 0 spiro atoms. The fourth-order valence-electron chi connectivity index (χ4n) is 19.2. The van der Waals surface area contributed by atoms with Gasteiger partial charge in [-0.2, -0.15) is 0 Å². The van der Waals surface area contributed by atoms with Crippen molar-refractivity contribution >= 4 is 75.8 Å². The van der Waals surface area contributed by atoms with Crippen molar-refractivity contribution in [3.63, 3.8) is 0 Å². The molecule has 0 saturated carbocycles. The van der Waals surface area contributed by atoms with Crippen LogP contribution in [0.5, 0.6) is 0 Å². The molecule has 0 aromatic heterocycles. The first-order chi connectivity index (χ1) is 52.9. The minimum absolute atomic E-state index is 0.0930. The van der Waals surface area contributed by atoms with Crippen LogP contribution >= 0.6 is 31.9 Å². The van der Waals surface area contributed by atoms with Crippen LogP contribution in [0.15, 0.2) is 179 Å². The summed E-state index contributed by atoms with van der Waals surface area (Å²) in [5, 5.41) is 0. The number of halogens is 2. The van der Waals surface area contributed by atoms with E-state index in [-0.39, 0.29) is 16.2 Å². The molecule has 3 aliphatic rings. The molecule has 0 bridgehead atoms. The predicted molar refractivity (Wildman–Crippen MR) is 498 cm³/mol. The summed E-state index contributed by atoms with van der Waals surface area (Å²) >= 11 is 3.22. The Balaban J connectivity index is 0.000000190. The third-order valence-corrected chi connectivity index (χ3v) is 38.3. The second-order valence-corrected chi connectivity index (χ2v) is 66.8. The Bertz CT molecular complexity index is 3720. The van der Waals surface area contributed by atoms with Crippen LogP contribution in [0.2, 0.25) is 29.6 Å². The van der Waals surface area contributed by atoms with Gasteiger partial charge in [0.1, 0.15) is 0 Å². The van der Waals surface area contributed by atoms with Gasteiger partial charge in [-0.25, -0.2) is 0 Å². The molecule has 0 atom stereocenters. The van der Waals surface area contributed by atoms with Crippen LogP contribution in [-0.4, -0.2) is 36.8 Å². The summed E-state index contributed by atoms with van der Waals surface area (Å²) in [4.78, 5) is 15.5. The summed E-state index contributed by atoms with van der Waals surface area (Å²) < 4.78 is 5.86. The van der Waals surface area contributed by atoms with Gasteiger partial charge in [0.25, 0.3) is 0 Å². The number of hydrogen-bond donors (Lipinski definition) is 0. The van der Waals surface area contributed by atoms with Gasteiger partial charge in [-0.1, -0.05) is 311 Å². The van der Waals surface area contributed by atoms with Gasteiger partial charge in [0.15, 0.2) is 0 Å². The normalized spacial score (nSPS) is 13.9. The van der Waals surface area contributed by atoms with Crippen LogP contribution < -0.4 is 7.16 Å². The smallest absolute Gasteiger partial charge is 0.0216 e. The largest absolute Gasteiger partial charge is 0.0654 e. The Labute approximate surface area is 694 Å². The van der Waals surface area contributed by atoms with Crippen LogP contribution in [0.4, 0.5) is 0 Å². The monoisotopic (exact) mass is 1810 g/mol. The molecule has 0 radical (unpaired) electrons. The number of hydrogen-bond acceptors (Lipinski definition) is 0. The van der Waals surface area contributed by atoms with Crippen molar-refractivity contribution in [2.75, 3.05) is 0 Å². The zero-order chi connectivity index (χ0) is 77.5. The first kappa shape index (κ1) is 89.3. The van der Waals surface area contributed by atoms with Gasteiger partial charge >= 0.3 is 241 Å². The van der Waals surface area contributed by atoms with Crippen molar-refractivity contribution in [2.45, 2.75) is 357 Å². The molecule has 4 heteroatoms. The van der Waals surface area contributed by atoms with Crippen LogP contribution in [-0.2, 0) is 16.2 Å². The number of rotatable bonds is 46. The quantitative estimate of drug-likeness (QED) is 0.0263. The average Bonchev–Trinajstić information content (AvgIpc) is 1.58. The van der Waals surface area contributed by atoms with E-state index in [1.165, 1.54) is 323 Å². The molecular formula is C105H148Br2Sn2. The summed E-state index contributed by atoms with van der Waals surface area (Å²) in [6.07, 6.45) is 57.0. The molecule has 0 aliphatic heterocycles. The van der Waals surface area contributed by atoms with Gasteiger partial charge in [0.2, 0.25) is 0 Å². The Morgan fingerprint density at radius 3 is 0.670 bits per heavy atom. The van der Waals surface area contributed by atoms with Gasteiger partial charge in [-0.05, 0) is 129 Å². The minimum Gasteiger partial charge on any atom is -0.0654 e. The number of benzene rings is 8. The maximum Gasteiger partial charge on any atom is 0.0216 e. The third kappa shape index (κ3) is 24.2. The van der Waals surface area contributed by atoms with E-state index in [1.807, 2.05) is 0 Å². The van der Waals surface area contributed by atoms with E-state index in [4.69, 9.17) is 0 Å². The second kappa shape index (κ2) is 45.6. The van der Waals surface area contributed by atoms with E-state index in [0.29, 0.717) is 0 Å². The zero-order valence-electron chi connectivity index (χ0n) is 71.1. The second-order valence-electron chi connectivity index (χ2n) is 36.0. The molecule has 0 nitrogen and oxygen atoms in total. The van der Waals surface area contributed by atoms with Crippen LogP contribution in [0.25, 0.3) is 55.6 Å². The fraction of sp³-hybridized carbons (Fsp3) is 0.543. The van der Waals surface area contributed by atoms with Crippen LogP contribution in [0, 0.1) is 0 Å². The topological polar surface area (TPSA) is 0 Å². The fourth-order valence-corrected chi connectivity index (χ4v) is 26.6. The molecule has 0 fully saturated rings. The Hall–Kier alpha value is -3.68. The van der Waals surface area contributed by atoms with Gasteiger partial charge < -0.3 is 0 Å². The molecule has 590 valence electrons. The summed E-state index contributed by atoms with van der Waals surface area (Å²) in [6, 6.07) is 66.3. The molecule has 0 amide bonds. The van der Waals surface area contributed by atoms with Crippen molar-refractivity contribution < 1.29 is 0 Å². The van der Waals surface area contributed by atoms with Crippen LogP contribution in [0.1, 0.15) is 345 Å². The van der Waals surface area contributed by atoms with E-state index >= 15 is 0 Å². The Morgan fingerprint density at radius 1 is 0.211 bits per heavy atom. The molecule has 3 aliphatic carbocycles. The van der Waals surface area contributed by atoms with Crippen molar-refractivity contribution in [2.24, 2.45) is 0 Å². The van der Waals surface area contributed by atoms with Gasteiger partial charge in [0.05, 0.1) is 0 Å². The predicted octanol–water partition coefficient (Wildman–Crippen LogP) is 34.3. The molecule has 8 aromatic carbocycles. The van der Waals surface area contributed by atoms with Crippen molar-refractivity contribution in [3.05, 3.63) is 212 Å². The van der Waals surface area contributed by atoms with E-state index in [2.05, 4.69) is 273 Å². The van der Waals surface area contributed by atoms with E-state index in [9.17, 15) is 0 Å². The van der Waals surface area contributed by atoms with E-state index in [1.54, 1.807) is 51.7 Å². The third-order valence-electron chi connectivity index (χ3n) is 25.7. The average molecular weight is 1810 g/mol. The van der Waals surface area contributed by atoms with Gasteiger partial charge in [-0.3, -0.25) is 0 Å². The molecule has 0 N–H and O–H groups in total. The Kier molecular flexibility index (Phi) is 37.3. The summed E-state index contributed by atoms with van der Waals surface area (Å²) in [5.74, 6) is 0. The summed E-state index contributed by atoms with van der Waals surface area (Å²) in [7, 11) is 0. The summed E-state index contributed by atoms with van der Waals surface area (Å²) in [6.45, 7) is 13.9. The zero-order valence-corrected chi connectivity index (χ0v) is 80.0. The molecule has 11 rings (SSSR count). The molecular weight excluding hydrogens is 1660 g/mol. The van der Waals surface area contributed by atoms with E-state index < -0.39 is 36.8 Å². The van der Waals surface area contributed by atoms with Crippen LogP contribution in [0.3, 0.4) is 0 Å². The number of fused-ring (bicyclic) bond motifs is 9. The first-order valence-electron chi connectivity index (χ1n) is 45.2. The maximum atomic E-state index is 3.79.